The van der Waals surface area contributed by atoms with E-state index in [1.165, 1.54) is 10.9 Å². The number of nitrogens with two attached hydrogens (primary N) is 1. The van der Waals surface area contributed by atoms with Gasteiger partial charge in [0.15, 0.2) is 5.82 Å². The van der Waals surface area contributed by atoms with Crippen LogP contribution < -0.4 is 15.8 Å². The lowest BCUT2D eigenvalue weighted by Gasteiger charge is -2.08. The smallest absolute Gasteiger partial charge is 0.246 e. The summed E-state index contributed by atoms with van der Waals surface area (Å²) in [5.74, 6) is -0.188. The van der Waals surface area contributed by atoms with Crippen LogP contribution in [0.3, 0.4) is 0 Å². The van der Waals surface area contributed by atoms with E-state index < -0.39 is 10.0 Å². The lowest BCUT2D eigenvalue weighted by atomic mass is 10.2. The fourth-order valence-electron chi connectivity index (χ4n) is 1.31. The predicted octanol–water partition coefficient (Wildman–Crippen LogP) is -0.947. The van der Waals surface area contributed by atoms with Crippen molar-refractivity contribution in [1.82, 2.24) is 19.8 Å². The minimum atomic E-state index is -3.82. The largest absolute Gasteiger partial charge is 0.381 e. The van der Waals surface area contributed by atoms with Crippen molar-refractivity contribution in [3.63, 3.8) is 0 Å². The molecule has 0 spiro atoms. The third-order valence-electron chi connectivity index (χ3n) is 2.24. The highest BCUT2D eigenvalue weighted by molar-refractivity contribution is 7.89. The molecule has 0 atom stereocenters. The number of aryl methyl sites for hydroxylation is 1. The normalized spacial score (nSPS) is 11.8. The van der Waals surface area contributed by atoms with Gasteiger partial charge >= 0.3 is 0 Å². The quantitative estimate of drug-likeness (QED) is 0.624. The molecule has 0 saturated carbocycles. The number of nitrogens with zero attached hydrogens (tertiary/aromatic N) is 2. The molecule has 0 fully saturated rings. The Hall–Kier alpha value is -1.61. The summed E-state index contributed by atoms with van der Waals surface area (Å²) in [6.07, 6.45) is 1.28. The summed E-state index contributed by atoms with van der Waals surface area (Å²) in [6, 6.07) is 0. The maximum Gasteiger partial charge on any atom is 0.246 e. The van der Waals surface area contributed by atoms with Crippen molar-refractivity contribution < 1.29 is 13.2 Å². The van der Waals surface area contributed by atoms with Gasteiger partial charge in [0.1, 0.15) is 4.90 Å². The first-order valence-electron chi connectivity index (χ1n) is 5.78. The molecule has 9 heteroatoms. The number of sulfonamides is 1. The van der Waals surface area contributed by atoms with Crippen LogP contribution in [0.4, 0.5) is 5.82 Å². The predicted molar refractivity (Wildman–Crippen MR) is 70.7 cm³/mol. The Labute approximate surface area is 112 Å². The number of nitrogens with one attached hydrogen (secondary N) is 2. The molecule has 0 aliphatic rings. The topological polar surface area (TPSA) is 119 Å². The van der Waals surface area contributed by atoms with E-state index in [-0.39, 0.29) is 23.2 Å². The number of nitrogen functional groups attached to an aromatic ring is 1. The third kappa shape index (κ3) is 4.52. The monoisotopic (exact) mass is 289 g/mol. The van der Waals surface area contributed by atoms with Crippen molar-refractivity contribution in [2.24, 2.45) is 13.0 Å². The van der Waals surface area contributed by atoms with Crippen molar-refractivity contribution in [2.75, 3.05) is 18.8 Å². The molecule has 0 aliphatic heterocycles. The Morgan fingerprint density at radius 2 is 2.16 bits per heavy atom. The Morgan fingerprint density at radius 3 is 2.63 bits per heavy atom. The first kappa shape index (κ1) is 15.4. The second kappa shape index (κ2) is 6.02. The summed E-state index contributed by atoms with van der Waals surface area (Å²) in [6.45, 7) is 4.06. The highest BCUT2D eigenvalue weighted by Crippen LogP contribution is 2.14. The Bertz CT molecular complexity index is 550. The summed E-state index contributed by atoms with van der Waals surface area (Å²) in [4.78, 5) is 11.3. The molecule has 0 bridgehead atoms. The summed E-state index contributed by atoms with van der Waals surface area (Å²) in [5.41, 5.74) is 5.48. The van der Waals surface area contributed by atoms with Gasteiger partial charge in [-0.05, 0) is 5.92 Å². The maximum absolute atomic E-state index is 11.9. The molecule has 0 aliphatic carbocycles. The van der Waals surface area contributed by atoms with Crippen LogP contribution in [-0.4, -0.2) is 37.2 Å². The zero-order valence-electron chi connectivity index (χ0n) is 11.2. The average molecular weight is 289 g/mol. The van der Waals surface area contributed by atoms with Crippen molar-refractivity contribution in [2.45, 2.75) is 18.7 Å². The molecule has 1 rings (SSSR count). The van der Waals surface area contributed by atoms with Crippen LogP contribution in [0.25, 0.3) is 0 Å². The van der Waals surface area contributed by atoms with E-state index in [4.69, 9.17) is 5.73 Å². The van der Waals surface area contributed by atoms with Crippen LogP contribution in [0, 0.1) is 5.92 Å². The van der Waals surface area contributed by atoms with Crippen molar-refractivity contribution in [3.05, 3.63) is 6.20 Å². The lowest BCUT2D eigenvalue weighted by molar-refractivity contribution is -0.120. The molecule has 8 nitrogen and oxygen atoms in total. The number of hydrogen-bond donors (Lipinski definition) is 3. The summed E-state index contributed by atoms with van der Waals surface area (Å²) < 4.78 is 27.2. The second-order valence-electron chi connectivity index (χ2n) is 4.57. The number of carbonyl (C=O) groups is 1. The molecule has 19 heavy (non-hydrogen) atoms. The number of carbonyl (C=O) groups excluding carboxylic acids is 1. The zero-order valence-corrected chi connectivity index (χ0v) is 12.0. The standard InChI is InChI=1S/C10H19N5O3S/c1-7(2)4-12-9(16)5-13-19(17,18)8-6-15(3)14-10(8)11/h6-7,13H,4-5H2,1-3H3,(H2,11,14)(H,12,16). The molecule has 1 aromatic rings. The first-order chi connectivity index (χ1) is 8.72. The molecule has 0 unspecified atom stereocenters. The minimum absolute atomic E-state index is 0.0995. The van der Waals surface area contributed by atoms with E-state index in [0.29, 0.717) is 12.5 Å². The average Bonchev–Trinajstić information content (AvgIpc) is 2.64. The van der Waals surface area contributed by atoms with Gasteiger partial charge in [0.2, 0.25) is 15.9 Å². The Morgan fingerprint density at radius 1 is 1.53 bits per heavy atom. The van der Waals surface area contributed by atoms with Crippen molar-refractivity contribution in [1.29, 1.82) is 0 Å². The van der Waals surface area contributed by atoms with Gasteiger partial charge in [-0.1, -0.05) is 13.8 Å². The second-order valence-corrected chi connectivity index (χ2v) is 6.31. The van der Waals surface area contributed by atoms with Crippen LogP contribution in [0.2, 0.25) is 0 Å². The highest BCUT2D eigenvalue weighted by Gasteiger charge is 2.21. The van der Waals surface area contributed by atoms with Gasteiger partial charge in [0, 0.05) is 19.8 Å². The van der Waals surface area contributed by atoms with E-state index >= 15 is 0 Å². The van der Waals surface area contributed by atoms with Gasteiger partial charge in [-0.3, -0.25) is 9.48 Å². The van der Waals surface area contributed by atoms with Crippen LogP contribution in [0.15, 0.2) is 11.1 Å². The van der Waals surface area contributed by atoms with Crippen molar-refractivity contribution >= 4 is 21.7 Å². The zero-order chi connectivity index (χ0) is 14.6. The Balaban J connectivity index is 2.61. The number of rotatable bonds is 6. The Kier molecular flexibility index (Phi) is 4.90. The molecule has 108 valence electrons. The lowest BCUT2D eigenvalue weighted by Crippen LogP contribution is -2.38. The van der Waals surface area contributed by atoms with E-state index in [0.717, 1.165) is 0 Å². The molecule has 0 saturated heterocycles. The molecule has 0 aromatic carbocycles. The fourth-order valence-corrected chi connectivity index (χ4v) is 2.39. The summed E-state index contributed by atoms with van der Waals surface area (Å²) in [5, 5.41) is 6.35. The van der Waals surface area contributed by atoms with E-state index in [1.807, 2.05) is 13.8 Å². The molecular weight excluding hydrogens is 270 g/mol. The summed E-state index contributed by atoms with van der Waals surface area (Å²) in [7, 11) is -2.26. The number of hydrogen-bond acceptors (Lipinski definition) is 5. The highest BCUT2D eigenvalue weighted by atomic mass is 32.2. The van der Waals surface area contributed by atoms with Gasteiger partial charge in [-0.15, -0.1) is 0 Å². The van der Waals surface area contributed by atoms with Crippen LogP contribution in [0.1, 0.15) is 13.8 Å². The molecular formula is C10H19N5O3S. The van der Waals surface area contributed by atoms with E-state index in [1.54, 1.807) is 7.05 Å². The van der Waals surface area contributed by atoms with Gasteiger partial charge in [-0.25, -0.2) is 13.1 Å². The molecule has 4 N–H and O–H groups in total. The van der Waals surface area contributed by atoms with Crippen LogP contribution in [0.5, 0.6) is 0 Å². The van der Waals surface area contributed by atoms with E-state index in [2.05, 4.69) is 15.1 Å². The third-order valence-corrected chi connectivity index (χ3v) is 3.66. The van der Waals surface area contributed by atoms with E-state index in [9.17, 15) is 13.2 Å². The van der Waals surface area contributed by atoms with Crippen molar-refractivity contribution in [3.8, 4) is 0 Å². The molecule has 1 aromatic heterocycles. The van der Waals surface area contributed by atoms with Crippen LogP contribution in [-0.2, 0) is 21.9 Å². The summed E-state index contributed by atoms with van der Waals surface area (Å²) >= 11 is 0. The SMILES string of the molecule is CC(C)CNC(=O)CNS(=O)(=O)c1cn(C)nc1N. The van der Waals surface area contributed by atoms with Crippen LogP contribution >= 0.6 is 0 Å². The molecule has 1 amide bonds. The maximum atomic E-state index is 11.9. The minimum Gasteiger partial charge on any atom is -0.381 e. The van der Waals surface area contributed by atoms with Gasteiger partial charge in [0.25, 0.3) is 0 Å². The molecule has 1 heterocycles. The van der Waals surface area contributed by atoms with Gasteiger partial charge in [0.05, 0.1) is 6.54 Å². The van der Waals surface area contributed by atoms with Gasteiger partial charge < -0.3 is 11.1 Å². The number of amides is 1. The fraction of sp³-hybridized carbons (Fsp3) is 0.600. The number of aromatic nitrogens is 2. The number of anilines is 1. The molecule has 0 radical (unpaired) electrons. The van der Waals surface area contributed by atoms with Gasteiger partial charge in [-0.2, -0.15) is 5.10 Å². The first-order valence-corrected chi connectivity index (χ1v) is 7.26.